The lowest BCUT2D eigenvalue weighted by Gasteiger charge is -2.00. The van der Waals surface area contributed by atoms with Gasteiger partial charge in [-0.3, -0.25) is 4.79 Å². The van der Waals surface area contributed by atoms with E-state index in [0.717, 1.165) is 6.42 Å². The molecule has 1 unspecified atom stereocenters. The van der Waals surface area contributed by atoms with Crippen molar-refractivity contribution in [2.45, 2.75) is 18.7 Å². The van der Waals surface area contributed by atoms with Crippen molar-refractivity contribution in [2.24, 2.45) is 4.99 Å². The molecule has 1 fully saturated rings. The normalized spacial score (nSPS) is 20.8. The fourth-order valence-corrected chi connectivity index (χ4v) is 2.19. The largest absolute Gasteiger partial charge is 0.497 e. The number of nitrogens with zero attached hydrogens (tertiary/aromatic N) is 2. The number of thioether (sulfide) groups is 1. The van der Waals surface area contributed by atoms with Crippen molar-refractivity contribution in [3.63, 3.8) is 0 Å². The molecule has 1 aromatic rings. The molecule has 1 N–H and O–H groups in total. The van der Waals surface area contributed by atoms with Crippen molar-refractivity contribution in [1.82, 2.24) is 10.9 Å². The first-order valence-electron chi connectivity index (χ1n) is 5.63. The number of amides is 1. The van der Waals surface area contributed by atoms with Crippen LogP contribution in [0.2, 0.25) is 0 Å². The second-order valence-corrected chi connectivity index (χ2v) is 4.85. The van der Waals surface area contributed by atoms with Crippen molar-refractivity contribution in [2.75, 3.05) is 7.11 Å². The predicted octanol–water partition coefficient (Wildman–Crippen LogP) is 1.78. The molecule has 0 saturated carbocycles. The highest BCUT2D eigenvalue weighted by atomic mass is 32.2. The van der Waals surface area contributed by atoms with E-state index in [4.69, 9.17) is 4.74 Å². The molecule has 1 radical (unpaired) electrons. The number of amidine groups is 1. The summed E-state index contributed by atoms with van der Waals surface area (Å²) in [5, 5.41) is 0.704. The molecule has 1 aliphatic rings. The molecule has 6 heteroatoms. The lowest BCUT2D eigenvalue weighted by Crippen LogP contribution is -2.24. The molecular formula is C12H14N3O2S. The first-order chi connectivity index (χ1) is 8.72. The van der Waals surface area contributed by atoms with E-state index in [0.29, 0.717) is 16.5 Å². The molecule has 1 aliphatic heterocycles. The Morgan fingerprint density at radius 3 is 2.78 bits per heavy atom. The van der Waals surface area contributed by atoms with Crippen molar-refractivity contribution in [3.8, 4) is 5.75 Å². The Bertz CT molecular complexity index is 459. The Hall–Kier alpha value is -1.53. The first-order valence-corrected chi connectivity index (χ1v) is 6.51. The maximum Gasteiger partial charge on any atom is 0.279 e. The summed E-state index contributed by atoms with van der Waals surface area (Å²) < 4.78 is 5.03. The number of methoxy groups -OCH3 is 1. The van der Waals surface area contributed by atoms with E-state index < -0.39 is 0 Å². The average molecular weight is 264 g/mol. The number of ether oxygens (including phenoxy) is 1. The standard InChI is InChI=1S/C12H14N3O2S/c1-3-10-14-15-12(18-10)13-11(16)8-4-6-9(17-2)7-5-8/h4-7,10,14H,3H2,1-2H3. The summed E-state index contributed by atoms with van der Waals surface area (Å²) in [6, 6.07) is 6.85. The Labute approximate surface area is 110 Å². The minimum atomic E-state index is -0.289. The van der Waals surface area contributed by atoms with Gasteiger partial charge in [-0.2, -0.15) is 15.8 Å². The molecule has 5 nitrogen and oxygen atoms in total. The zero-order chi connectivity index (χ0) is 13.0. The van der Waals surface area contributed by atoms with Crippen LogP contribution in [0.5, 0.6) is 5.75 Å². The van der Waals surface area contributed by atoms with Gasteiger partial charge in [0, 0.05) is 5.56 Å². The summed E-state index contributed by atoms with van der Waals surface area (Å²) >= 11 is 1.47. The van der Waals surface area contributed by atoms with Crippen LogP contribution in [-0.2, 0) is 0 Å². The molecule has 0 spiro atoms. The summed E-state index contributed by atoms with van der Waals surface area (Å²) in [7, 11) is 1.58. The number of aliphatic imine (C=N–C) groups is 1. The van der Waals surface area contributed by atoms with Crippen LogP contribution in [-0.4, -0.2) is 23.6 Å². The number of hydrogen-bond acceptors (Lipinski definition) is 4. The van der Waals surface area contributed by atoms with Crippen LogP contribution < -0.4 is 15.6 Å². The van der Waals surface area contributed by atoms with E-state index in [1.807, 2.05) is 0 Å². The third kappa shape index (κ3) is 3.02. The second kappa shape index (κ2) is 5.88. The topological polar surface area (TPSA) is 64.8 Å². The van der Waals surface area contributed by atoms with Crippen LogP contribution in [0.25, 0.3) is 0 Å². The van der Waals surface area contributed by atoms with E-state index in [1.54, 1.807) is 31.4 Å². The molecule has 1 saturated heterocycles. The van der Waals surface area contributed by atoms with Crippen molar-refractivity contribution in [3.05, 3.63) is 29.8 Å². The summed E-state index contributed by atoms with van der Waals surface area (Å²) in [5.41, 5.74) is 7.45. The lowest BCUT2D eigenvalue weighted by molar-refractivity contribution is 0.100. The highest BCUT2D eigenvalue weighted by molar-refractivity contribution is 8.14. The Morgan fingerprint density at radius 1 is 1.50 bits per heavy atom. The third-order valence-corrected chi connectivity index (χ3v) is 3.57. The van der Waals surface area contributed by atoms with Gasteiger partial charge in [-0.25, -0.2) is 0 Å². The first kappa shape index (κ1) is 12.9. The van der Waals surface area contributed by atoms with E-state index in [-0.39, 0.29) is 11.3 Å². The van der Waals surface area contributed by atoms with Crippen LogP contribution in [0.3, 0.4) is 0 Å². The van der Waals surface area contributed by atoms with Gasteiger partial charge < -0.3 is 4.74 Å². The van der Waals surface area contributed by atoms with Crippen LogP contribution in [0.1, 0.15) is 23.7 Å². The molecule has 1 atom stereocenters. The molecule has 1 heterocycles. The highest BCUT2D eigenvalue weighted by Gasteiger charge is 2.21. The van der Waals surface area contributed by atoms with Gasteiger partial charge >= 0.3 is 0 Å². The Morgan fingerprint density at radius 2 is 2.22 bits per heavy atom. The van der Waals surface area contributed by atoms with Crippen LogP contribution in [0.4, 0.5) is 0 Å². The van der Waals surface area contributed by atoms with Gasteiger partial charge in [0.1, 0.15) is 5.75 Å². The molecule has 1 aromatic carbocycles. The maximum atomic E-state index is 11.9. The number of carbonyl (C=O) groups is 1. The fourth-order valence-electron chi connectivity index (χ4n) is 1.42. The lowest BCUT2D eigenvalue weighted by atomic mass is 10.2. The van der Waals surface area contributed by atoms with Gasteiger partial charge in [-0.1, -0.05) is 18.7 Å². The molecule has 2 rings (SSSR count). The van der Waals surface area contributed by atoms with E-state index in [2.05, 4.69) is 22.8 Å². The quantitative estimate of drug-likeness (QED) is 0.904. The highest BCUT2D eigenvalue weighted by Crippen LogP contribution is 2.19. The van der Waals surface area contributed by atoms with Gasteiger partial charge in [0.25, 0.3) is 5.91 Å². The van der Waals surface area contributed by atoms with E-state index in [9.17, 15) is 4.79 Å². The van der Waals surface area contributed by atoms with Gasteiger partial charge in [-0.05, 0) is 30.7 Å². The zero-order valence-electron chi connectivity index (χ0n) is 10.2. The number of carbonyl (C=O) groups excluding carboxylic acids is 1. The molecular weight excluding hydrogens is 250 g/mol. The number of rotatable bonds is 3. The van der Waals surface area contributed by atoms with E-state index in [1.165, 1.54) is 11.8 Å². The Balaban J connectivity index is 2.05. The smallest absolute Gasteiger partial charge is 0.279 e. The molecule has 0 aliphatic carbocycles. The van der Waals surface area contributed by atoms with Gasteiger partial charge in [-0.15, -0.1) is 0 Å². The fraction of sp³-hybridized carbons (Fsp3) is 0.333. The monoisotopic (exact) mass is 264 g/mol. The molecule has 18 heavy (non-hydrogen) atoms. The number of benzene rings is 1. The SMILES string of the molecule is CCC1N[N]C(=NC(=O)c2ccc(OC)cc2)S1. The second-order valence-electron chi connectivity index (χ2n) is 3.68. The zero-order valence-corrected chi connectivity index (χ0v) is 11.0. The van der Waals surface area contributed by atoms with Gasteiger partial charge in [0.05, 0.1) is 12.5 Å². The summed E-state index contributed by atoms with van der Waals surface area (Å²) in [5.74, 6) is 0.425. The minimum Gasteiger partial charge on any atom is -0.497 e. The average Bonchev–Trinajstić information content (AvgIpc) is 2.86. The van der Waals surface area contributed by atoms with Crippen molar-refractivity contribution >= 4 is 22.8 Å². The summed E-state index contributed by atoms with van der Waals surface area (Å²) in [6.07, 6.45) is 0.934. The molecule has 0 bridgehead atoms. The predicted molar refractivity (Wildman–Crippen MR) is 71.7 cm³/mol. The molecule has 95 valence electrons. The molecule has 1 amide bonds. The summed E-state index contributed by atoms with van der Waals surface area (Å²) in [4.78, 5) is 15.8. The third-order valence-electron chi connectivity index (χ3n) is 2.46. The maximum absolute atomic E-state index is 11.9. The minimum absolute atomic E-state index is 0.215. The Kier molecular flexibility index (Phi) is 4.22. The van der Waals surface area contributed by atoms with Crippen LogP contribution >= 0.6 is 11.8 Å². The van der Waals surface area contributed by atoms with Crippen LogP contribution in [0, 0.1) is 0 Å². The van der Waals surface area contributed by atoms with Gasteiger partial charge in [0.15, 0.2) is 0 Å². The van der Waals surface area contributed by atoms with Crippen LogP contribution in [0.15, 0.2) is 29.3 Å². The summed E-state index contributed by atoms with van der Waals surface area (Å²) in [6.45, 7) is 2.05. The number of nitrogens with one attached hydrogen (secondary N) is 1. The van der Waals surface area contributed by atoms with Crippen molar-refractivity contribution < 1.29 is 9.53 Å². The van der Waals surface area contributed by atoms with Crippen molar-refractivity contribution in [1.29, 1.82) is 0 Å². The van der Waals surface area contributed by atoms with Gasteiger partial charge in [0.2, 0.25) is 5.17 Å². The van der Waals surface area contributed by atoms with E-state index >= 15 is 0 Å². The number of hydrogen-bond donors (Lipinski definition) is 1. The molecule has 0 aromatic heterocycles.